The molecule has 0 aromatic rings. The Kier molecular flexibility index (Phi) is 19.1. The van der Waals surface area contributed by atoms with Crippen molar-refractivity contribution in [1.29, 1.82) is 0 Å². The zero-order valence-corrected chi connectivity index (χ0v) is 27.5. The van der Waals surface area contributed by atoms with Gasteiger partial charge in [-0.15, -0.1) is 4.76 Å². The van der Waals surface area contributed by atoms with E-state index in [1.807, 2.05) is 13.8 Å². The summed E-state index contributed by atoms with van der Waals surface area (Å²) < 4.78 is 50.0. The lowest BCUT2D eigenvalue weighted by molar-refractivity contribution is -0.143. The maximum Gasteiger partial charge on any atom is 0.510 e. The predicted molar refractivity (Wildman–Crippen MR) is 157 cm³/mol. The topological polar surface area (TPSA) is 186 Å². The number of nitrogens with two attached hydrogens (primary N) is 1. The second-order valence-corrected chi connectivity index (χ2v) is 12.4. The summed E-state index contributed by atoms with van der Waals surface area (Å²) in [5, 5.41) is 9.68. The molecule has 0 saturated heterocycles. The van der Waals surface area contributed by atoms with Gasteiger partial charge in [-0.1, -0.05) is 81.1 Å². The number of carboxylic acids is 1. The Bertz CT molecular complexity index is 855. The van der Waals surface area contributed by atoms with Crippen molar-refractivity contribution in [3.63, 3.8) is 0 Å². The summed E-state index contributed by atoms with van der Waals surface area (Å²) in [6.07, 6.45) is -0.236. The molecule has 14 nitrogen and oxygen atoms in total. The van der Waals surface area contributed by atoms with Crippen LogP contribution >= 0.6 is 7.75 Å². The van der Waals surface area contributed by atoms with Gasteiger partial charge in [0.15, 0.2) is 0 Å². The normalized spacial score (nSPS) is 15.6. The molecule has 0 heterocycles. The highest BCUT2D eigenvalue weighted by atomic mass is 31.2. The van der Waals surface area contributed by atoms with Crippen molar-refractivity contribution >= 4 is 32.0 Å². The summed E-state index contributed by atoms with van der Waals surface area (Å²) in [5.74, 6) is -3.22. The summed E-state index contributed by atoms with van der Waals surface area (Å²) >= 11 is 0. The fraction of sp³-hybridized carbons (Fsp3) is 0.852. The molecular formula is C27H52N3O11P. The number of nitrogens with zero attached hydrogens (tertiary/aromatic N) is 2. The van der Waals surface area contributed by atoms with Crippen LogP contribution in [0.15, 0.2) is 4.76 Å². The average molecular weight is 626 g/mol. The van der Waals surface area contributed by atoms with E-state index in [-0.39, 0.29) is 13.2 Å². The Hall–Kier alpha value is -2.57. The van der Waals surface area contributed by atoms with Gasteiger partial charge in [-0.05, 0) is 18.8 Å². The minimum atomic E-state index is -4.77. The minimum Gasteiger partial charge on any atom is -0.480 e. The van der Waals surface area contributed by atoms with Crippen LogP contribution in [0.4, 0.5) is 9.59 Å². The van der Waals surface area contributed by atoms with Crippen molar-refractivity contribution < 1.29 is 52.1 Å². The maximum absolute atomic E-state index is 14.1. The van der Waals surface area contributed by atoms with E-state index in [1.165, 1.54) is 7.05 Å². The largest absolute Gasteiger partial charge is 0.510 e. The van der Waals surface area contributed by atoms with Gasteiger partial charge in [0.05, 0.1) is 13.2 Å². The highest BCUT2D eigenvalue weighted by Gasteiger charge is 2.40. The smallest absolute Gasteiger partial charge is 0.480 e. The van der Waals surface area contributed by atoms with Gasteiger partial charge in [-0.25, -0.2) is 28.0 Å². The van der Waals surface area contributed by atoms with Gasteiger partial charge in [0, 0.05) is 18.9 Å². The fourth-order valence-corrected chi connectivity index (χ4v) is 5.04. The highest BCUT2D eigenvalue weighted by molar-refractivity contribution is 7.52. The molecule has 0 aliphatic rings. The predicted octanol–water partition coefficient (Wildman–Crippen LogP) is 6.13. The van der Waals surface area contributed by atoms with E-state index in [0.29, 0.717) is 12.8 Å². The number of guanidine groups is 1. The number of carboxylic acid groups (broad SMARTS) is 1. The molecule has 3 atom stereocenters. The Morgan fingerprint density at radius 3 is 1.50 bits per heavy atom. The molecule has 0 bridgehead atoms. The van der Waals surface area contributed by atoms with Gasteiger partial charge >= 0.3 is 26.0 Å². The summed E-state index contributed by atoms with van der Waals surface area (Å²) in [7, 11) is -3.41. The van der Waals surface area contributed by atoms with Crippen LogP contribution in [0.1, 0.15) is 93.9 Å². The van der Waals surface area contributed by atoms with Crippen molar-refractivity contribution in [3.8, 4) is 0 Å². The van der Waals surface area contributed by atoms with Crippen LogP contribution in [-0.4, -0.2) is 73.1 Å². The maximum atomic E-state index is 14.1. The standard InChI is InChI=1S/C27H52N3O11P/c1-10-12-14-16-36-26(33)38-23(19(5)6)40-42(35,29-25(28)30(9)21(18(3)4)22(31)32)41-24(20(7)8)39-27(34)37-17-15-13-11-2/h18-21,23-24H,10-17H2,1-9H3,(H,31,32)(H2,28,29,35). The van der Waals surface area contributed by atoms with Gasteiger partial charge in [0.25, 0.3) is 0 Å². The number of ether oxygens (including phenoxy) is 4. The van der Waals surface area contributed by atoms with Crippen LogP contribution in [0.5, 0.6) is 0 Å². The minimum absolute atomic E-state index is 0.122. The third-order valence-electron chi connectivity index (χ3n) is 5.81. The molecule has 0 aliphatic heterocycles. The van der Waals surface area contributed by atoms with Crippen LogP contribution in [0.2, 0.25) is 0 Å². The number of carbonyl (C=O) groups excluding carboxylic acids is 2. The molecule has 3 N–H and O–H groups in total. The number of hydrogen-bond donors (Lipinski definition) is 2. The van der Waals surface area contributed by atoms with Crippen LogP contribution in [0, 0.1) is 17.8 Å². The molecule has 0 radical (unpaired) electrons. The number of unbranched alkanes of at least 4 members (excludes halogenated alkanes) is 4. The van der Waals surface area contributed by atoms with Gasteiger partial charge in [-0.3, -0.25) is 0 Å². The number of likely N-dealkylation sites (N-methyl/N-ethyl adjacent to an activating group) is 1. The summed E-state index contributed by atoms with van der Waals surface area (Å²) in [6.45, 7) is 14.1. The fourth-order valence-electron chi connectivity index (χ4n) is 3.40. The molecular weight excluding hydrogens is 573 g/mol. The van der Waals surface area contributed by atoms with E-state index < -0.39 is 68.4 Å². The third-order valence-corrected chi connectivity index (χ3v) is 7.21. The first kappa shape index (κ1) is 39.4. The molecule has 3 unspecified atom stereocenters. The van der Waals surface area contributed by atoms with Gasteiger partial charge in [0.1, 0.15) is 6.04 Å². The zero-order chi connectivity index (χ0) is 32.5. The molecule has 42 heavy (non-hydrogen) atoms. The quantitative estimate of drug-likeness (QED) is 0.0393. The summed E-state index contributed by atoms with van der Waals surface area (Å²) in [4.78, 5) is 37.6. The van der Waals surface area contributed by atoms with Crippen LogP contribution in [0.3, 0.4) is 0 Å². The monoisotopic (exact) mass is 625 g/mol. The lowest BCUT2D eigenvalue weighted by Crippen LogP contribution is -2.48. The van der Waals surface area contributed by atoms with E-state index in [0.717, 1.165) is 30.6 Å². The van der Waals surface area contributed by atoms with Crippen molar-refractivity contribution in [1.82, 2.24) is 4.90 Å². The number of rotatable bonds is 20. The molecule has 0 amide bonds. The van der Waals surface area contributed by atoms with E-state index in [2.05, 4.69) is 4.76 Å². The lowest BCUT2D eigenvalue weighted by Gasteiger charge is -2.31. The van der Waals surface area contributed by atoms with Crippen LogP contribution in [-0.2, 0) is 37.4 Å². The molecule has 246 valence electrons. The molecule has 0 rings (SSSR count). The Labute approximate surface area is 250 Å². The van der Waals surface area contributed by atoms with Gasteiger partial charge in [-0.2, -0.15) is 0 Å². The van der Waals surface area contributed by atoms with Crippen molar-refractivity contribution in [2.24, 2.45) is 28.3 Å². The third kappa shape index (κ3) is 15.6. The first-order valence-corrected chi connectivity index (χ1v) is 16.0. The highest BCUT2D eigenvalue weighted by Crippen LogP contribution is 2.54. The SMILES string of the molecule is CCCCCOC(=O)OC(OP(=O)(N=C(N)N(C)C(C(=O)O)C(C)C)OC(OC(=O)OCCCCC)C(C)C)C(C)C. The number of aliphatic carboxylic acids is 1. The molecule has 0 spiro atoms. The Morgan fingerprint density at radius 1 is 0.786 bits per heavy atom. The second kappa shape index (κ2) is 20.4. The van der Waals surface area contributed by atoms with Gasteiger partial charge < -0.3 is 34.7 Å². The number of carbonyl (C=O) groups is 3. The first-order valence-electron chi connectivity index (χ1n) is 14.5. The Morgan fingerprint density at radius 2 is 1.19 bits per heavy atom. The zero-order valence-electron chi connectivity index (χ0n) is 26.6. The molecule has 0 aromatic carbocycles. The van der Waals surface area contributed by atoms with Crippen LogP contribution in [0.25, 0.3) is 0 Å². The van der Waals surface area contributed by atoms with E-state index >= 15 is 0 Å². The molecule has 0 fully saturated rings. The lowest BCUT2D eigenvalue weighted by atomic mass is 10.0. The summed E-state index contributed by atoms with van der Waals surface area (Å²) in [5.41, 5.74) is 6.09. The van der Waals surface area contributed by atoms with Gasteiger partial charge in [0.2, 0.25) is 18.5 Å². The van der Waals surface area contributed by atoms with E-state index in [9.17, 15) is 24.1 Å². The average Bonchev–Trinajstić information content (AvgIpc) is 2.87. The second-order valence-electron chi connectivity index (χ2n) is 10.8. The van der Waals surface area contributed by atoms with Crippen molar-refractivity contribution in [2.45, 2.75) is 113 Å². The van der Waals surface area contributed by atoms with Crippen molar-refractivity contribution in [2.75, 3.05) is 20.3 Å². The molecule has 0 saturated carbocycles. The molecule has 0 aliphatic carbocycles. The first-order chi connectivity index (χ1) is 19.6. The summed E-state index contributed by atoms with van der Waals surface area (Å²) in [6, 6.07) is -1.13. The van der Waals surface area contributed by atoms with E-state index in [4.69, 9.17) is 33.7 Å². The van der Waals surface area contributed by atoms with Crippen molar-refractivity contribution in [3.05, 3.63) is 0 Å². The number of hydrogen-bond acceptors (Lipinski definition) is 10. The molecule has 15 heteroatoms. The van der Waals surface area contributed by atoms with Crippen LogP contribution < -0.4 is 5.73 Å². The Balaban J connectivity index is 6.23. The molecule has 0 aromatic heterocycles. The van der Waals surface area contributed by atoms with E-state index in [1.54, 1.807) is 41.5 Å².